The van der Waals surface area contributed by atoms with Gasteiger partial charge in [-0.1, -0.05) is 17.7 Å². The van der Waals surface area contributed by atoms with E-state index in [4.69, 9.17) is 25.8 Å². The van der Waals surface area contributed by atoms with Crippen molar-refractivity contribution in [3.05, 3.63) is 61.4 Å². The van der Waals surface area contributed by atoms with Gasteiger partial charge in [-0.05, 0) is 38.3 Å². The zero-order chi connectivity index (χ0) is 22.7. The Balaban J connectivity index is 2.05. The fourth-order valence-corrected chi connectivity index (χ4v) is 4.04. The zero-order valence-electron chi connectivity index (χ0n) is 17.4. The van der Waals surface area contributed by atoms with Gasteiger partial charge < -0.3 is 19.5 Å². The van der Waals surface area contributed by atoms with Crippen LogP contribution < -0.4 is 5.32 Å². The molecule has 1 aromatic carbocycles. The number of nitrogens with one attached hydrogen (secondary N) is 1. The highest BCUT2D eigenvalue weighted by Gasteiger charge is 2.39. The van der Waals surface area contributed by atoms with Gasteiger partial charge in [0.05, 0.1) is 35.2 Å². The minimum Gasteiger partial charge on any atom is -0.466 e. The Hall–Kier alpha value is -2.91. The van der Waals surface area contributed by atoms with Crippen LogP contribution in [0.5, 0.6) is 0 Å². The van der Waals surface area contributed by atoms with Crippen LogP contribution in [0.15, 0.2) is 40.7 Å². The fourth-order valence-electron chi connectivity index (χ4n) is 3.85. The van der Waals surface area contributed by atoms with Crippen LogP contribution >= 0.6 is 11.6 Å². The number of nitro benzene ring substituents is 1. The minimum absolute atomic E-state index is 0.0498. The number of hydrogen-bond acceptors (Lipinski definition) is 8. The number of carbonyl (C=O) groups excluding carboxylic acids is 2. The van der Waals surface area contributed by atoms with Gasteiger partial charge in [-0.2, -0.15) is 0 Å². The van der Waals surface area contributed by atoms with Gasteiger partial charge in [-0.3, -0.25) is 10.1 Å². The first kappa shape index (κ1) is 22.8. The summed E-state index contributed by atoms with van der Waals surface area (Å²) in [6.07, 6.45) is 1.52. The van der Waals surface area contributed by atoms with E-state index in [-0.39, 0.29) is 34.6 Å². The van der Waals surface area contributed by atoms with E-state index in [0.717, 1.165) is 12.8 Å². The predicted molar refractivity (Wildman–Crippen MR) is 111 cm³/mol. The van der Waals surface area contributed by atoms with Gasteiger partial charge in [-0.15, -0.1) is 0 Å². The highest BCUT2D eigenvalue weighted by molar-refractivity contribution is 6.32. The summed E-state index contributed by atoms with van der Waals surface area (Å²) in [6, 6.07) is 4.17. The second-order valence-corrected chi connectivity index (χ2v) is 7.74. The molecule has 2 heterocycles. The summed E-state index contributed by atoms with van der Waals surface area (Å²) < 4.78 is 15.9. The molecule has 2 aliphatic heterocycles. The van der Waals surface area contributed by atoms with Gasteiger partial charge in [-0.25, -0.2) is 9.59 Å². The van der Waals surface area contributed by atoms with Gasteiger partial charge in [0.25, 0.3) is 5.69 Å². The van der Waals surface area contributed by atoms with E-state index < -0.39 is 22.8 Å². The first-order valence-corrected chi connectivity index (χ1v) is 10.1. The Morgan fingerprint density at radius 2 is 1.94 bits per heavy atom. The lowest BCUT2D eigenvalue weighted by molar-refractivity contribution is -0.384. The summed E-state index contributed by atoms with van der Waals surface area (Å²) in [4.78, 5) is 36.5. The number of carbonyl (C=O) groups is 2. The molecule has 9 nitrogen and oxygen atoms in total. The average Bonchev–Trinajstić information content (AvgIpc) is 3.25. The third-order valence-corrected chi connectivity index (χ3v) is 5.63. The van der Waals surface area contributed by atoms with Crippen molar-refractivity contribution in [1.29, 1.82) is 0 Å². The van der Waals surface area contributed by atoms with Crippen molar-refractivity contribution in [2.24, 2.45) is 0 Å². The maximum absolute atomic E-state index is 13.1. The molecule has 166 valence electrons. The van der Waals surface area contributed by atoms with Crippen molar-refractivity contribution < 1.29 is 28.7 Å². The van der Waals surface area contributed by atoms with Crippen LogP contribution in [0.1, 0.15) is 38.2 Å². The number of esters is 2. The standard InChI is InChI=1S/C21H23ClN2O7/c1-11-17(20(25)29-3)19(13-6-7-15(22)16(9-13)24(27)28)18(12(2)23-11)21(26)31-10-14-5-4-8-30-14/h6-7,9,14,19,23H,4-5,8,10H2,1-3H3/t14-,19+/m1/s1. The van der Waals surface area contributed by atoms with Crippen molar-refractivity contribution in [3.63, 3.8) is 0 Å². The van der Waals surface area contributed by atoms with Crippen LogP contribution in [0.2, 0.25) is 5.02 Å². The van der Waals surface area contributed by atoms with Crippen LogP contribution in [-0.4, -0.2) is 43.3 Å². The van der Waals surface area contributed by atoms with E-state index in [0.29, 0.717) is 23.6 Å². The molecule has 1 N–H and O–H groups in total. The largest absolute Gasteiger partial charge is 0.466 e. The smallest absolute Gasteiger partial charge is 0.336 e. The maximum atomic E-state index is 13.1. The quantitative estimate of drug-likeness (QED) is 0.398. The topological polar surface area (TPSA) is 117 Å². The molecule has 0 amide bonds. The molecule has 0 bridgehead atoms. The van der Waals surface area contributed by atoms with E-state index in [1.807, 2.05) is 0 Å². The van der Waals surface area contributed by atoms with E-state index in [9.17, 15) is 19.7 Å². The summed E-state index contributed by atoms with van der Waals surface area (Å²) >= 11 is 5.96. The van der Waals surface area contributed by atoms with Gasteiger partial charge >= 0.3 is 11.9 Å². The number of nitrogens with zero attached hydrogens (tertiary/aromatic N) is 1. The highest BCUT2D eigenvalue weighted by Crippen LogP contribution is 2.41. The van der Waals surface area contributed by atoms with Crippen LogP contribution in [0.25, 0.3) is 0 Å². The molecule has 31 heavy (non-hydrogen) atoms. The Morgan fingerprint density at radius 1 is 1.26 bits per heavy atom. The molecular weight excluding hydrogens is 428 g/mol. The normalized spacial score (nSPS) is 21.0. The first-order valence-electron chi connectivity index (χ1n) is 9.74. The third-order valence-electron chi connectivity index (χ3n) is 5.31. The highest BCUT2D eigenvalue weighted by atomic mass is 35.5. The van der Waals surface area contributed by atoms with Gasteiger partial charge in [0.15, 0.2) is 0 Å². The van der Waals surface area contributed by atoms with Crippen LogP contribution in [0.3, 0.4) is 0 Å². The molecule has 2 aliphatic rings. The fraction of sp³-hybridized carbons (Fsp3) is 0.429. The molecule has 1 aromatic rings. The Bertz CT molecular complexity index is 980. The lowest BCUT2D eigenvalue weighted by Gasteiger charge is -2.30. The second kappa shape index (κ2) is 9.49. The van der Waals surface area contributed by atoms with Gasteiger partial charge in [0, 0.05) is 24.1 Å². The summed E-state index contributed by atoms with van der Waals surface area (Å²) in [5.74, 6) is -2.23. The van der Waals surface area contributed by atoms with Crippen molar-refractivity contribution in [2.45, 2.75) is 38.7 Å². The number of dihydropyridines is 1. The molecule has 0 saturated carbocycles. The van der Waals surface area contributed by atoms with Gasteiger partial charge in [0.2, 0.25) is 0 Å². The van der Waals surface area contributed by atoms with Crippen LogP contribution in [-0.2, 0) is 23.8 Å². The van der Waals surface area contributed by atoms with Crippen molar-refractivity contribution in [3.8, 4) is 0 Å². The Kier molecular flexibility index (Phi) is 6.97. The lowest BCUT2D eigenvalue weighted by atomic mass is 9.80. The van der Waals surface area contributed by atoms with Crippen molar-refractivity contribution in [1.82, 2.24) is 5.32 Å². The van der Waals surface area contributed by atoms with Crippen molar-refractivity contribution in [2.75, 3.05) is 20.3 Å². The SMILES string of the molecule is COC(=O)C1=C(C)NC(C)=C(C(=O)OC[C@H]2CCCO2)[C@H]1c1ccc(Cl)c([N+](=O)[O-])c1. The molecule has 3 rings (SSSR count). The van der Waals surface area contributed by atoms with Crippen LogP contribution in [0.4, 0.5) is 5.69 Å². The number of allylic oxidation sites excluding steroid dienone is 2. The Morgan fingerprint density at radius 3 is 2.52 bits per heavy atom. The number of halogens is 1. The second-order valence-electron chi connectivity index (χ2n) is 7.33. The summed E-state index contributed by atoms with van der Waals surface area (Å²) in [7, 11) is 1.23. The molecule has 0 unspecified atom stereocenters. The number of methoxy groups -OCH3 is 1. The molecule has 1 fully saturated rings. The van der Waals surface area contributed by atoms with E-state index in [1.54, 1.807) is 19.9 Å². The predicted octanol–water partition coefficient (Wildman–Crippen LogP) is 3.38. The van der Waals surface area contributed by atoms with Crippen molar-refractivity contribution >= 4 is 29.2 Å². The van der Waals surface area contributed by atoms with E-state index in [2.05, 4.69) is 5.32 Å². The number of ether oxygens (including phenoxy) is 3. The molecule has 0 spiro atoms. The molecule has 0 aliphatic carbocycles. The monoisotopic (exact) mass is 450 g/mol. The van der Waals surface area contributed by atoms with Gasteiger partial charge in [0.1, 0.15) is 11.6 Å². The van der Waals surface area contributed by atoms with E-state index >= 15 is 0 Å². The van der Waals surface area contributed by atoms with Crippen LogP contribution in [0, 0.1) is 10.1 Å². The number of nitro groups is 1. The maximum Gasteiger partial charge on any atom is 0.336 e. The summed E-state index contributed by atoms with van der Waals surface area (Å²) in [5, 5.41) is 14.4. The number of hydrogen-bond donors (Lipinski definition) is 1. The molecule has 2 atom stereocenters. The molecule has 0 radical (unpaired) electrons. The average molecular weight is 451 g/mol. The Labute approximate surface area is 184 Å². The lowest BCUT2D eigenvalue weighted by Crippen LogP contribution is -2.33. The summed E-state index contributed by atoms with van der Waals surface area (Å²) in [6.45, 7) is 4.05. The molecular formula is C21H23ClN2O7. The molecule has 1 saturated heterocycles. The summed E-state index contributed by atoms with van der Waals surface area (Å²) in [5.41, 5.74) is 1.30. The zero-order valence-corrected chi connectivity index (χ0v) is 18.2. The molecule has 0 aromatic heterocycles. The molecule has 10 heteroatoms. The first-order chi connectivity index (χ1) is 14.7. The third kappa shape index (κ3) is 4.72. The minimum atomic E-state index is -0.929. The number of benzene rings is 1. The van der Waals surface area contributed by atoms with E-state index in [1.165, 1.54) is 19.2 Å². The number of rotatable bonds is 6.